The van der Waals surface area contributed by atoms with Crippen molar-refractivity contribution in [2.45, 2.75) is 32.1 Å². The van der Waals surface area contributed by atoms with Crippen LogP contribution in [-0.2, 0) is 4.74 Å². The fourth-order valence-electron chi connectivity index (χ4n) is 3.67. The van der Waals surface area contributed by atoms with Gasteiger partial charge >= 0.3 is 0 Å². The first-order chi connectivity index (χ1) is 14.8. The van der Waals surface area contributed by atoms with Crippen molar-refractivity contribution < 1.29 is 9.47 Å². The van der Waals surface area contributed by atoms with E-state index in [1.165, 1.54) is 31.3 Å². The van der Waals surface area contributed by atoms with Crippen LogP contribution in [0.3, 0.4) is 0 Å². The van der Waals surface area contributed by atoms with Crippen LogP contribution in [0.15, 0.2) is 35.9 Å². The van der Waals surface area contributed by atoms with Crippen molar-refractivity contribution in [2.24, 2.45) is 0 Å². The summed E-state index contributed by atoms with van der Waals surface area (Å²) in [4.78, 5) is 16.0. The van der Waals surface area contributed by atoms with Crippen molar-refractivity contribution in [1.29, 1.82) is 0 Å². The standard InChI is InChI=1S/C22H30N6O2/c1-29-19-9-7-18(8-10-19)24-21-25-20(23-12-11-17-5-3-2-4-6-17)26-22(27-21)28-13-15-30-16-14-28/h5,7-10H,2-4,6,11-16H2,1H3,(H2,23,24,25,26,27). The van der Waals surface area contributed by atoms with E-state index in [0.717, 1.165) is 37.5 Å². The summed E-state index contributed by atoms with van der Waals surface area (Å²) in [5.41, 5.74) is 2.43. The highest BCUT2D eigenvalue weighted by molar-refractivity contribution is 5.57. The lowest BCUT2D eigenvalue weighted by atomic mass is 9.97. The molecule has 160 valence electrons. The van der Waals surface area contributed by atoms with Crippen LogP contribution in [0.5, 0.6) is 5.75 Å². The summed E-state index contributed by atoms with van der Waals surface area (Å²) in [5.74, 6) is 2.60. The Kier molecular flexibility index (Phi) is 6.97. The van der Waals surface area contributed by atoms with E-state index in [1.807, 2.05) is 24.3 Å². The summed E-state index contributed by atoms with van der Waals surface area (Å²) in [6.45, 7) is 3.74. The van der Waals surface area contributed by atoms with Crippen LogP contribution in [0.4, 0.5) is 23.5 Å². The van der Waals surface area contributed by atoms with Crippen molar-refractivity contribution in [3.05, 3.63) is 35.9 Å². The third-order valence-electron chi connectivity index (χ3n) is 5.38. The van der Waals surface area contributed by atoms with Crippen molar-refractivity contribution in [3.63, 3.8) is 0 Å². The summed E-state index contributed by atoms with van der Waals surface area (Å²) in [7, 11) is 1.66. The van der Waals surface area contributed by atoms with E-state index in [-0.39, 0.29) is 0 Å². The van der Waals surface area contributed by atoms with Crippen molar-refractivity contribution >= 4 is 23.5 Å². The first-order valence-corrected chi connectivity index (χ1v) is 10.7. The third kappa shape index (κ3) is 5.60. The zero-order valence-electron chi connectivity index (χ0n) is 17.6. The van der Waals surface area contributed by atoms with Gasteiger partial charge in [0.15, 0.2) is 0 Å². The largest absolute Gasteiger partial charge is 0.497 e. The molecule has 0 bridgehead atoms. The van der Waals surface area contributed by atoms with Gasteiger partial charge in [-0.25, -0.2) is 0 Å². The Morgan fingerprint density at radius 2 is 1.83 bits per heavy atom. The van der Waals surface area contributed by atoms with Gasteiger partial charge in [0.25, 0.3) is 0 Å². The normalized spacial score (nSPS) is 16.7. The fraction of sp³-hybridized carbons (Fsp3) is 0.500. The van der Waals surface area contributed by atoms with Crippen molar-refractivity contribution in [2.75, 3.05) is 55.5 Å². The molecule has 4 rings (SSSR count). The quantitative estimate of drug-likeness (QED) is 0.637. The predicted octanol–water partition coefficient (Wildman–Crippen LogP) is 3.76. The van der Waals surface area contributed by atoms with E-state index in [2.05, 4.69) is 36.6 Å². The Morgan fingerprint density at radius 3 is 2.57 bits per heavy atom. The van der Waals surface area contributed by atoms with Gasteiger partial charge in [-0.05, 0) is 56.4 Å². The number of nitrogens with one attached hydrogen (secondary N) is 2. The number of rotatable bonds is 8. The van der Waals surface area contributed by atoms with E-state index >= 15 is 0 Å². The number of ether oxygens (including phenoxy) is 2. The van der Waals surface area contributed by atoms with E-state index in [9.17, 15) is 0 Å². The summed E-state index contributed by atoms with van der Waals surface area (Å²) >= 11 is 0. The van der Waals surface area contributed by atoms with Gasteiger partial charge in [-0.1, -0.05) is 11.6 Å². The van der Waals surface area contributed by atoms with E-state index < -0.39 is 0 Å². The molecule has 2 aliphatic rings. The molecule has 0 radical (unpaired) electrons. The molecule has 0 saturated carbocycles. The first kappa shape index (κ1) is 20.4. The van der Waals surface area contributed by atoms with Gasteiger partial charge in [0.2, 0.25) is 17.8 Å². The van der Waals surface area contributed by atoms with Gasteiger partial charge in [-0.3, -0.25) is 0 Å². The number of allylic oxidation sites excluding steroid dienone is 1. The minimum atomic E-state index is 0.524. The van der Waals surface area contributed by atoms with Gasteiger partial charge in [0.1, 0.15) is 5.75 Å². The van der Waals surface area contributed by atoms with Crippen molar-refractivity contribution in [1.82, 2.24) is 15.0 Å². The molecule has 1 aromatic heterocycles. The van der Waals surface area contributed by atoms with Crippen LogP contribution in [0.1, 0.15) is 32.1 Å². The van der Waals surface area contributed by atoms with E-state index in [0.29, 0.717) is 31.1 Å². The smallest absolute Gasteiger partial charge is 0.233 e. The van der Waals surface area contributed by atoms with E-state index in [1.54, 1.807) is 7.11 Å². The van der Waals surface area contributed by atoms with Crippen LogP contribution in [-0.4, -0.2) is 54.9 Å². The SMILES string of the molecule is COc1ccc(Nc2nc(NCCC3=CCCCC3)nc(N3CCOCC3)n2)cc1. The summed E-state index contributed by atoms with van der Waals surface area (Å²) < 4.78 is 10.7. The maximum Gasteiger partial charge on any atom is 0.233 e. The first-order valence-electron chi connectivity index (χ1n) is 10.7. The summed E-state index contributed by atoms with van der Waals surface area (Å²) in [6.07, 6.45) is 8.44. The zero-order valence-corrected chi connectivity index (χ0v) is 17.6. The molecule has 1 aliphatic carbocycles. The molecule has 30 heavy (non-hydrogen) atoms. The molecule has 0 amide bonds. The van der Waals surface area contributed by atoms with Crippen LogP contribution < -0.4 is 20.3 Å². The predicted molar refractivity (Wildman–Crippen MR) is 119 cm³/mol. The Hall–Kier alpha value is -2.87. The maximum absolute atomic E-state index is 5.47. The Labute approximate surface area is 177 Å². The number of hydrogen-bond acceptors (Lipinski definition) is 8. The summed E-state index contributed by atoms with van der Waals surface area (Å²) in [6, 6.07) is 7.70. The zero-order chi connectivity index (χ0) is 20.6. The Bertz CT molecular complexity index is 849. The second-order valence-corrected chi connectivity index (χ2v) is 7.52. The number of anilines is 4. The van der Waals surface area contributed by atoms with Gasteiger partial charge in [-0.15, -0.1) is 0 Å². The molecule has 1 fully saturated rings. The molecule has 8 heteroatoms. The number of morpholine rings is 1. The monoisotopic (exact) mass is 410 g/mol. The molecule has 1 aliphatic heterocycles. The molecule has 0 atom stereocenters. The molecule has 0 unspecified atom stereocenters. The molecule has 2 heterocycles. The number of benzene rings is 1. The van der Waals surface area contributed by atoms with Crippen LogP contribution in [0.2, 0.25) is 0 Å². The molecular formula is C22H30N6O2. The van der Waals surface area contributed by atoms with Crippen molar-refractivity contribution in [3.8, 4) is 5.75 Å². The third-order valence-corrected chi connectivity index (χ3v) is 5.38. The average molecular weight is 411 g/mol. The molecule has 0 spiro atoms. The van der Waals surface area contributed by atoms with Crippen LogP contribution in [0, 0.1) is 0 Å². The maximum atomic E-state index is 5.47. The van der Waals surface area contributed by atoms with Crippen LogP contribution >= 0.6 is 0 Å². The average Bonchev–Trinajstić information content (AvgIpc) is 2.81. The molecule has 8 nitrogen and oxygen atoms in total. The second-order valence-electron chi connectivity index (χ2n) is 7.52. The highest BCUT2D eigenvalue weighted by atomic mass is 16.5. The van der Waals surface area contributed by atoms with Gasteiger partial charge < -0.3 is 25.0 Å². The van der Waals surface area contributed by atoms with Gasteiger partial charge in [0.05, 0.1) is 20.3 Å². The van der Waals surface area contributed by atoms with E-state index in [4.69, 9.17) is 9.47 Å². The molecule has 1 saturated heterocycles. The highest BCUT2D eigenvalue weighted by Gasteiger charge is 2.17. The molecule has 1 aromatic carbocycles. The summed E-state index contributed by atoms with van der Waals surface area (Å²) in [5, 5.41) is 6.68. The number of methoxy groups -OCH3 is 1. The number of aromatic nitrogens is 3. The minimum absolute atomic E-state index is 0.524. The molecule has 2 N–H and O–H groups in total. The molecular weight excluding hydrogens is 380 g/mol. The topological polar surface area (TPSA) is 84.4 Å². The Morgan fingerprint density at radius 1 is 1.03 bits per heavy atom. The lowest BCUT2D eigenvalue weighted by molar-refractivity contribution is 0.122. The Balaban J connectivity index is 1.48. The fourth-order valence-corrected chi connectivity index (χ4v) is 3.67. The van der Waals surface area contributed by atoms with Gasteiger partial charge in [-0.2, -0.15) is 15.0 Å². The second kappa shape index (κ2) is 10.2. The number of hydrogen-bond donors (Lipinski definition) is 2. The lowest BCUT2D eigenvalue weighted by Crippen LogP contribution is -2.37. The highest BCUT2D eigenvalue weighted by Crippen LogP contribution is 2.22. The lowest BCUT2D eigenvalue weighted by Gasteiger charge is -2.27. The van der Waals surface area contributed by atoms with Crippen LogP contribution in [0.25, 0.3) is 0 Å². The number of nitrogens with zero attached hydrogens (tertiary/aromatic N) is 4. The minimum Gasteiger partial charge on any atom is -0.497 e. The molecule has 2 aromatic rings. The van der Waals surface area contributed by atoms with Gasteiger partial charge in [0, 0.05) is 25.3 Å².